The van der Waals surface area contributed by atoms with Crippen molar-refractivity contribution in [3.05, 3.63) is 35.0 Å². The summed E-state index contributed by atoms with van der Waals surface area (Å²) < 4.78 is 5.97. The Bertz CT molecular complexity index is 649. The average molecular weight is 321 g/mol. The van der Waals surface area contributed by atoms with Crippen molar-refractivity contribution < 1.29 is 24.6 Å². The molecular weight excluding hydrogens is 300 g/mol. The second-order valence-corrected chi connectivity index (χ2v) is 6.65. The fraction of sp³-hybridized carbons (Fsp3) is 0.500. The summed E-state index contributed by atoms with van der Waals surface area (Å²) in [6.07, 6.45) is -0.982. The number of carboxylic acids is 1. The van der Waals surface area contributed by atoms with Gasteiger partial charge in [-0.3, -0.25) is 4.74 Å². The van der Waals surface area contributed by atoms with Crippen LogP contribution in [0.1, 0.15) is 40.2 Å². The van der Waals surface area contributed by atoms with Crippen molar-refractivity contribution in [2.45, 2.75) is 51.8 Å². The zero-order chi connectivity index (χ0) is 17.6. The van der Waals surface area contributed by atoms with Crippen LogP contribution >= 0.6 is 0 Å². The van der Waals surface area contributed by atoms with E-state index in [4.69, 9.17) is 9.84 Å². The Balaban J connectivity index is 2.33. The summed E-state index contributed by atoms with van der Waals surface area (Å²) in [6.45, 7) is 8.33. The number of carboxylic acid groups (broad SMARTS) is 1. The van der Waals surface area contributed by atoms with Crippen LogP contribution in [-0.2, 0) is 10.0 Å². The molecule has 1 aliphatic heterocycles. The quantitative estimate of drug-likeness (QED) is 0.676. The van der Waals surface area contributed by atoms with Gasteiger partial charge >= 0.3 is 11.8 Å². The number of hydroxylamine groups is 3. The molecule has 7 heteroatoms. The second-order valence-electron chi connectivity index (χ2n) is 6.65. The minimum absolute atomic E-state index is 0.0397. The fourth-order valence-electron chi connectivity index (χ4n) is 2.28. The minimum Gasteiger partial charge on any atom is -0.714 e. The van der Waals surface area contributed by atoms with Gasteiger partial charge in [0.05, 0.1) is 5.56 Å². The van der Waals surface area contributed by atoms with Crippen molar-refractivity contribution in [2.24, 2.45) is 0 Å². The maximum atomic E-state index is 12.5. The number of hydrogen-bond donors (Lipinski definition) is 1. The molecule has 0 amide bonds. The lowest BCUT2D eigenvalue weighted by molar-refractivity contribution is -0.539. The van der Waals surface area contributed by atoms with E-state index < -0.39 is 23.2 Å². The Morgan fingerprint density at radius 1 is 1.26 bits per heavy atom. The van der Waals surface area contributed by atoms with Gasteiger partial charge in [0.2, 0.25) is 0 Å². The third kappa shape index (κ3) is 2.61. The molecule has 0 saturated heterocycles. The van der Waals surface area contributed by atoms with Crippen molar-refractivity contribution in [1.29, 1.82) is 0 Å². The van der Waals surface area contributed by atoms with E-state index in [1.807, 2.05) is 0 Å². The number of rotatable bonds is 4. The number of carbonyl (C=O) groups is 1. The zero-order valence-electron chi connectivity index (χ0n) is 13.9. The molecule has 0 bridgehead atoms. The maximum absolute atomic E-state index is 12.5. The molecule has 0 saturated carbocycles. The highest BCUT2D eigenvalue weighted by molar-refractivity contribution is 5.96. The summed E-state index contributed by atoms with van der Waals surface area (Å²) in [7, 11) is 0. The number of nitrogens with zero attached hydrogens (tertiary/aromatic N) is 2. The summed E-state index contributed by atoms with van der Waals surface area (Å²) in [5.74, 6) is -0.673. The van der Waals surface area contributed by atoms with Gasteiger partial charge in [-0.2, -0.15) is 0 Å². The molecule has 7 nitrogen and oxygen atoms in total. The largest absolute Gasteiger partial charge is 0.714 e. The van der Waals surface area contributed by atoms with Crippen LogP contribution in [0.25, 0.3) is 0 Å². The zero-order valence-corrected chi connectivity index (χ0v) is 13.9. The summed E-state index contributed by atoms with van der Waals surface area (Å²) >= 11 is 0. The molecule has 1 heterocycles. The molecule has 1 aliphatic rings. The van der Waals surface area contributed by atoms with Crippen LogP contribution in [0.4, 0.5) is 0 Å². The number of hydrogen-bond acceptors (Lipinski definition) is 4. The Labute approximate surface area is 135 Å². The summed E-state index contributed by atoms with van der Waals surface area (Å²) in [6, 6.07) is 6.24. The number of amidine groups is 1. The molecule has 1 aromatic rings. The van der Waals surface area contributed by atoms with E-state index in [0.29, 0.717) is 11.3 Å². The standard InChI is InChI=1S/C16H21N2O5/c1-10(14(19)20)23-12-8-6-11(7-9-12)13-17(21)15(2,3)16(4,5)18(13)22/h6-10H,1-5H3,(H,19,20)/t10-/m1/s1. The fourth-order valence-corrected chi connectivity index (χ4v) is 2.28. The Morgan fingerprint density at radius 3 is 2.17 bits per heavy atom. The van der Waals surface area contributed by atoms with E-state index in [1.165, 1.54) is 6.92 Å². The monoisotopic (exact) mass is 321 g/mol. The first-order chi connectivity index (χ1) is 10.5. The van der Waals surface area contributed by atoms with Crippen molar-refractivity contribution >= 4 is 11.8 Å². The van der Waals surface area contributed by atoms with Gasteiger partial charge < -0.3 is 15.1 Å². The molecule has 1 radical (unpaired) electrons. The average Bonchev–Trinajstić information content (AvgIpc) is 2.58. The lowest BCUT2D eigenvalue weighted by Gasteiger charge is -2.32. The lowest BCUT2D eigenvalue weighted by atomic mass is 9.84. The highest BCUT2D eigenvalue weighted by Crippen LogP contribution is 2.37. The van der Waals surface area contributed by atoms with E-state index in [0.717, 1.165) is 9.80 Å². The molecular formula is C16H21N2O5. The molecule has 1 N–H and O–H groups in total. The minimum atomic E-state index is -1.07. The topological polar surface area (TPSA) is 95.7 Å². The van der Waals surface area contributed by atoms with Crippen molar-refractivity contribution in [1.82, 2.24) is 5.06 Å². The second kappa shape index (κ2) is 5.42. The smallest absolute Gasteiger partial charge is 0.344 e. The van der Waals surface area contributed by atoms with Gasteiger partial charge in [-0.05, 0) is 58.9 Å². The van der Waals surface area contributed by atoms with E-state index in [1.54, 1.807) is 52.0 Å². The van der Waals surface area contributed by atoms with Crippen LogP contribution in [0.15, 0.2) is 24.3 Å². The third-order valence-corrected chi connectivity index (χ3v) is 4.67. The van der Waals surface area contributed by atoms with Gasteiger partial charge in [0.1, 0.15) is 11.3 Å². The summed E-state index contributed by atoms with van der Waals surface area (Å²) in [4.78, 5) is 10.8. The normalized spacial score (nSPS) is 20.5. The molecule has 125 valence electrons. The third-order valence-electron chi connectivity index (χ3n) is 4.67. The number of aliphatic carboxylic acids is 1. The van der Waals surface area contributed by atoms with Crippen molar-refractivity contribution in [2.75, 3.05) is 0 Å². The van der Waals surface area contributed by atoms with E-state index in [-0.39, 0.29) is 5.84 Å². The first kappa shape index (κ1) is 17.1. The van der Waals surface area contributed by atoms with Gasteiger partial charge in [0.25, 0.3) is 0 Å². The maximum Gasteiger partial charge on any atom is 0.344 e. The SMILES string of the molecule is C[C@@H](Oc1ccc(C2=[N+]([O-])C(C)(C)C(C)(C)N2[O])cc1)C(=O)O. The van der Waals surface area contributed by atoms with Crippen LogP contribution in [0.5, 0.6) is 5.75 Å². The highest BCUT2D eigenvalue weighted by Gasteiger charge is 2.59. The van der Waals surface area contributed by atoms with Crippen LogP contribution < -0.4 is 4.74 Å². The molecule has 0 aromatic heterocycles. The molecule has 0 unspecified atom stereocenters. The molecule has 2 rings (SSSR count). The predicted octanol–water partition coefficient (Wildman–Crippen LogP) is 2.01. The van der Waals surface area contributed by atoms with Gasteiger partial charge in [-0.25, -0.2) is 4.79 Å². The van der Waals surface area contributed by atoms with Crippen molar-refractivity contribution in [3.63, 3.8) is 0 Å². The first-order valence-electron chi connectivity index (χ1n) is 7.31. The lowest BCUT2D eigenvalue weighted by Crippen LogP contribution is -2.53. The van der Waals surface area contributed by atoms with Crippen LogP contribution in [0.2, 0.25) is 0 Å². The number of benzene rings is 1. The highest BCUT2D eigenvalue weighted by atomic mass is 16.5. The summed E-state index contributed by atoms with van der Waals surface area (Å²) in [5.41, 5.74) is -1.29. The Hall–Kier alpha value is -2.28. The Morgan fingerprint density at radius 2 is 1.78 bits per heavy atom. The Kier molecular flexibility index (Phi) is 4.02. The van der Waals surface area contributed by atoms with Gasteiger partial charge in [-0.1, -0.05) is 5.06 Å². The van der Waals surface area contributed by atoms with E-state index in [9.17, 15) is 15.2 Å². The molecule has 0 fully saturated rings. The number of ether oxygens (including phenoxy) is 1. The molecule has 0 aliphatic carbocycles. The van der Waals surface area contributed by atoms with E-state index in [2.05, 4.69) is 0 Å². The molecule has 0 spiro atoms. The van der Waals surface area contributed by atoms with Crippen LogP contribution in [-0.4, -0.2) is 43.9 Å². The van der Waals surface area contributed by atoms with Gasteiger partial charge in [0.15, 0.2) is 11.6 Å². The van der Waals surface area contributed by atoms with Gasteiger partial charge in [-0.15, -0.1) is 0 Å². The van der Waals surface area contributed by atoms with E-state index >= 15 is 0 Å². The van der Waals surface area contributed by atoms with Crippen molar-refractivity contribution in [3.8, 4) is 5.75 Å². The van der Waals surface area contributed by atoms with Gasteiger partial charge in [0, 0.05) is 5.21 Å². The van der Waals surface area contributed by atoms with Crippen LogP contribution in [0.3, 0.4) is 0 Å². The molecule has 23 heavy (non-hydrogen) atoms. The molecule has 1 atom stereocenters. The van der Waals surface area contributed by atoms with Crippen LogP contribution in [0, 0.1) is 5.21 Å². The summed E-state index contributed by atoms with van der Waals surface area (Å²) in [5, 5.41) is 34.6. The predicted molar refractivity (Wildman–Crippen MR) is 82.6 cm³/mol. The molecule has 1 aromatic carbocycles. The first-order valence-corrected chi connectivity index (χ1v) is 7.31.